The topological polar surface area (TPSA) is 72.7 Å². The predicted octanol–water partition coefficient (Wildman–Crippen LogP) is 5.07. The summed E-state index contributed by atoms with van der Waals surface area (Å²) in [7, 11) is 0. The van der Waals surface area contributed by atoms with Gasteiger partial charge in [0.15, 0.2) is 11.0 Å². The molecular formula is C24H23N5OS. The van der Waals surface area contributed by atoms with Crippen LogP contribution in [0.2, 0.25) is 0 Å². The van der Waals surface area contributed by atoms with E-state index in [0.29, 0.717) is 11.0 Å². The Hall–Kier alpha value is -3.45. The maximum atomic E-state index is 12.8. The molecule has 2 aromatic heterocycles. The summed E-state index contributed by atoms with van der Waals surface area (Å²) in [6.45, 7) is 5.94. The molecule has 0 bridgehead atoms. The van der Waals surface area contributed by atoms with Gasteiger partial charge in [-0.3, -0.25) is 14.3 Å². The van der Waals surface area contributed by atoms with Gasteiger partial charge in [0.25, 0.3) is 0 Å². The highest BCUT2D eigenvalue weighted by Crippen LogP contribution is 2.31. The molecule has 2 heterocycles. The molecule has 1 atom stereocenters. The third-order valence-corrected chi connectivity index (χ3v) is 5.94. The van der Waals surface area contributed by atoms with Gasteiger partial charge in [-0.15, -0.1) is 10.2 Å². The molecule has 7 heteroatoms. The fourth-order valence-electron chi connectivity index (χ4n) is 3.16. The number of hydrogen-bond acceptors (Lipinski definition) is 5. The third-order valence-electron chi connectivity index (χ3n) is 4.90. The lowest BCUT2D eigenvalue weighted by atomic mass is 10.2. The molecule has 156 valence electrons. The molecule has 4 aromatic rings. The number of benzene rings is 2. The molecule has 0 aliphatic carbocycles. The van der Waals surface area contributed by atoms with Crippen LogP contribution in [0.5, 0.6) is 0 Å². The number of carbonyl (C=O) groups is 1. The predicted molar refractivity (Wildman–Crippen MR) is 124 cm³/mol. The fourth-order valence-corrected chi connectivity index (χ4v) is 4.02. The number of amides is 1. The number of carbonyl (C=O) groups excluding carboxylic acids is 1. The van der Waals surface area contributed by atoms with Crippen LogP contribution < -0.4 is 5.32 Å². The van der Waals surface area contributed by atoms with E-state index < -0.39 is 0 Å². The van der Waals surface area contributed by atoms with Gasteiger partial charge in [0.1, 0.15) is 0 Å². The van der Waals surface area contributed by atoms with E-state index in [0.717, 1.165) is 28.1 Å². The van der Waals surface area contributed by atoms with Crippen LogP contribution >= 0.6 is 11.8 Å². The van der Waals surface area contributed by atoms with Gasteiger partial charge in [0.2, 0.25) is 5.91 Å². The average Bonchev–Trinajstić information content (AvgIpc) is 3.19. The number of para-hydroxylation sites is 1. The number of anilines is 1. The van der Waals surface area contributed by atoms with Crippen molar-refractivity contribution in [3.8, 4) is 17.1 Å². The molecule has 6 nitrogen and oxygen atoms in total. The van der Waals surface area contributed by atoms with Crippen LogP contribution in [-0.2, 0) is 4.79 Å². The summed E-state index contributed by atoms with van der Waals surface area (Å²) in [5, 5.41) is 12.1. The second-order valence-corrected chi connectivity index (χ2v) is 8.59. The summed E-state index contributed by atoms with van der Waals surface area (Å²) >= 11 is 1.38. The summed E-state index contributed by atoms with van der Waals surface area (Å²) in [4.78, 5) is 16.9. The summed E-state index contributed by atoms with van der Waals surface area (Å²) in [5.74, 6) is 0.629. The van der Waals surface area contributed by atoms with Crippen molar-refractivity contribution in [2.75, 3.05) is 5.32 Å². The number of aryl methyl sites for hydroxylation is 2. The second-order valence-electron chi connectivity index (χ2n) is 7.28. The highest BCUT2D eigenvalue weighted by atomic mass is 32.2. The van der Waals surface area contributed by atoms with Crippen molar-refractivity contribution < 1.29 is 4.79 Å². The molecule has 1 amide bonds. The Balaban J connectivity index is 1.65. The zero-order valence-electron chi connectivity index (χ0n) is 17.6. The number of nitrogens with one attached hydrogen (secondary N) is 1. The summed E-state index contributed by atoms with van der Waals surface area (Å²) in [5.41, 5.74) is 4.91. The Labute approximate surface area is 185 Å². The van der Waals surface area contributed by atoms with Gasteiger partial charge in [-0.1, -0.05) is 47.7 Å². The van der Waals surface area contributed by atoms with Gasteiger partial charge >= 0.3 is 0 Å². The van der Waals surface area contributed by atoms with Crippen molar-refractivity contribution in [2.24, 2.45) is 0 Å². The number of thioether (sulfide) groups is 1. The second kappa shape index (κ2) is 9.14. The first kappa shape index (κ1) is 20.8. The van der Waals surface area contributed by atoms with E-state index in [-0.39, 0.29) is 11.2 Å². The summed E-state index contributed by atoms with van der Waals surface area (Å²) in [6.07, 6.45) is 3.47. The van der Waals surface area contributed by atoms with Crippen LogP contribution in [-0.4, -0.2) is 30.9 Å². The molecule has 0 spiro atoms. The molecule has 2 aromatic carbocycles. The minimum Gasteiger partial charge on any atom is -0.325 e. The minimum atomic E-state index is -0.362. The van der Waals surface area contributed by atoms with E-state index in [2.05, 4.69) is 20.5 Å². The van der Waals surface area contributed by atoms with Gasteiger partial charge in [-0.2, -0.15) is 0 Å². The minimum absolute atomic E-state index is 0.0846. The standard InChI is InChI=1S/C24H23N5OS/c1-16-8-10-20(11-9-16)26-23(30)18(3)31-24-28-27-22(19-12-14-25-15-13-19)29(24)21-7-5-4-6-17(21)2/h4-15,18H,1-3H3,(H,26,30)/t18-/m0/s1. The Bertz CT molecular complexity index is 1190. The van der Waals surface area contributed by atoms with Crippen molar-refractivity contribution in [2.45, 2.75) is 31.2 Å². The quantitative estimate of drug-likeness (QED) is 0.434. The van der Waals surface area contributed by atoms with Crippen molar-refractivity contribution >= 4 is 23.4 Å². The Morgan fingerprint density at radius 1 is 0.968 bits per heavy atom. The van der Waals surface area contributed by atoms with E-state index in [1.165, 1.54) is 11.8 Å². The maximum Gasteiger partial charge on any atom is 0.237 e. The zero-order valence-corrected chi connectivity index (χ0v) is 18.4. The van der Waals surface area contributed by atoms with Gasteiger partial charge in [-0.05, 0) is 56.7 Å². The molecule has 0 aliphatic rings. The highest BCUT2D eigenvalue weighted by molar-refractivity contribution is 8.00. The Morgan fingerprint density at radius 2 is 1.68 bits per heavy atom. The molecule has 0 fully saturated rings. The van der Waals surface area contributed by atoms with Crippen molar-refractivity contribution in [3.05, 3.63) is 84.2 Å². The Kier molecular flexibility index (Phi) is 6.13. The normalized spacial score (nSPS) is 11.8. The van der Waals surface area contributed by atoms with E-state index in [4.69, 9.17) is 0 Å². The largest absolute Gasteiger partial charge is 0.325 e. The van der Waals surface area contributed by atoms with Crippen LogP contribution in [0.3, 0.4) is 0 Å². The maximum absolute atomic E-state index is 12.8. The smallest absolute Gasteiger partial charge is 0.237 e. The fraction of sp³-hybridized carbons (Fsp3) is 0.167. The lowest BCUT2D eigenvalue weighted by molar-refractivity contribution is -0.115. The van der Waals surface area contributed by atoms with Crippen molar-refractivity contribution in [3.63, 3.8) is 0 Å². The van der Waals surface area contributed by atoms with Crippen LogP contribution in [0.25, 0.3) is 17.1 Å². The lowest BCUT2D eigenvalue weighted by Crippen LogP contribution is -2.22. The molecule has 4 rings (SSSR count). The van der Waals surface area contributed by atoms with Crippen LogP contribution in [0.15, 0.2) is 78.2 Å². The lowest BCUT2D eigenvalue weighted by Gasteiger charge is -2.15. The van der Waals surface area contributed by atoms with E-state index in [1.54, 1.807) is 12.4 Å². The Morgan fingerprint density at radius 3 is 2.39 bits per heavy atom. The number of aromatic nitrogens is 4. The summed E-state index contributed by atoms with van der Waals surface area (Å²) in [6, 6.07) is 19.6. The first-order valence-electron chi connectivity index (χ1n) is 9.99. The first-order chi connectivity index (χ1) is 15.0. The molecule has 0 saturated carbocycles. The van der Waals surface area contributed by atoms with E-state index in [1.807, 2.05) is 86.0 Å². The average molecular weight is 430 g/mol. The molecule has 31 heavy (non-hydrogen) atoms. The highest BCUT2D eigenvalue weighted by Gasteiger charge is 2.22. The van der Waals surface area contributed by atoms with Gasteiger partial charge in [0.05, 0.1) is 10.9 Å². The molecule has 0 aliphatic heterocycles. The van der Waals surface area contributed by atoms with Gasteiger partial charge in [0, 0.05) is 23.6 Å². The van der Waals surface area contributed by atoms with Crippen molar-refractivity contribution in [1.29, 1.82) is 0 Å². The van der Waals surface area contributed by atoms with Crippen LogP contribution in [0, 0.1) is 13.8 Å². The third kappa shape index (κ3) is 4.67. The van der Waals surface area contributed by atoms with E-state index >= 15 is 0 Å². The molecule has 0 radical (unpaired) electrons. The number of nitrogens with zero attached hydrogens (tertiary/aromatic N) is 4. The van der Waals surface area contributed by atoms with Crippen LogP contribution in [0.4, 0.5) is 5.69 Å². The van der Waals surface area contributed by atoms with Crippen LogP contribution in [0.1, 0.15) is 18.1 Å². The molecular weight excluding hydrogens is 406 g/mol. The zero-order chi connectivity index (χ0) is 21.8. The van der Waals surface area contributed by atoms with Gasteiger partial charge in [-0.25, -0.2) is 0 Å². The molecule has 0 saturated heterocycles. The summed E-state index contributed by atoms with van der Waals surface area (Å²) < 4.78 is 2.00. The van der Waals surface area contributed by atoms with Crippen molar-refractivity contribution in [1.82, 2.24) is 19.7 Å². The molecule has 0 unspecified atom stereocenters. The number of pyridine rings is 1. The monoisotopic (exact) mass is 429 g/mol. The van der Waals surface area contributed by atoms with Gasteiger partial charge < -0.3 is 5.32 Å². The first-order valence-corrected chi connectivity index (χ1v) is 10.9. The van der Waals surface area contributed by atoms with E-state index in [9.17, 15) is 4.79 Å². The number of hydrogen-bond donors (Lipinski definition) is 1. The number of rotatable bonds is 6. The SMILES string of the molecule is Cc1ccc(NC(=O)[C@H](C)Sc2nnc(-c3ccncc3)n2-c2ccccc2C)cc1. The molecule has 1 N–H and O–H groups in total.